The summed E-state index contributed by atoms with van der Waals surface area (Å²) in [6, 6.07) is 7.81. The third-order valence-corrected chi connectivity index (χ3v) is 4.57. The van der Waals surface area contributed by atoms with Gasteiger partial charge in [0.15, 0.2) is 5.69 Å². The van der Waals surface area contributed by atoms with Gasteiger partial charge in [-0.2, -0.15) is 0 Å². The van der Waals surface area contributed by atoms with E-state index in [1.807, 2.05) is 38.1 Å². The molecule has 4 nitrogen and oxygen atoms in total. The molecule has 0 N–H and O–H groups in total. The Kier molecular flexibility index (Phi) is 5.46. The van der Waals surface area contributed by atoms with Crippen molar-refractivity contribution in [3.63, 3.8) is 0 Å². The molecule has 0 aliphatic rings. The third-order valence-electron chi connectivity index (χ3n) is 4.57. The predicted octanol–water partition coefficient (Wildman–Crippen LogP) is 4.98. The van der Waals surface area contributed by atoms with Gasteiger partial charge in [0.1, 0.15) is 5.78 Å². The molecule has 0 spiro atoms. The maximum atomic E-state index is 12.6. The van der Waals surface area contributed by atoms with Crippen LogP contribution in [0.15, 0.2) is 36.7 Å². The first-order chi connectivity index (χ1) is 11.4. The van der Waals surface area contributed by atoms with Gasteiger partial charge in [-0.3, -0.25) is 9.78 Å². The summed E-state index contributed by atoms with van der Waals surface area (Å²) in [4.78, 5) is 24.2. The maximum Gasteiger partial charge on any atom is 0.288 e. The van der Waals surface area contributed by atoms with Crippen LogP contribution in [0.5, 0.6) is 0 Å². The van der Waals surface area contributed by atoms with Gasteiger partial charge in [-0.05, 0) is 25.3 Å². The zero-order chi connectivity index (χ0) is 17.7. The fourth-order valence-corrected chi connectivity index (χ4v) is 2.48. The van der Waals surface area contributed by atoms with Gasteiger partial charge < -0.3 is 4.85 Å². The zero-order valence-corrected chi connectivity index (χ0v) is 14.7. The Morgan fingerprint density at radius 2 is 1.92 bits per heavy atom. The summed E-state index contributed by atoms with van der Waals surface area (Å²) in [6.45, 7) is 15.2. The van der Waals surface area contributed by atoms with Crippen molar-refractivity contribution < 1.29 is 4.79 Å². The molecule has 1 heterocycles. The molecule has 0 saturated heterocycles. The molecule has 2 aromatic rings. The van der Waals surface area contributed by atoms with Gasteiger partial charge in [0.25, 0.3) is 5.82 Å². The van der Waals surface area contributed by atoms with Gasteiger partial charge in [0.05, 0.1) is 12.4 Å². The highest BCUT2D eigenvalue weighted by Crippen LogP contribution is 2.29. The summed E-state index contributed by atoms with van der Waals surface area (Å²) in [5.74, 6) is 0.947. The van der Waals surface area contributed by atoms with Crippen molar-refractivity contribution in [3.05, 3.63) is 53.6 Å². The monoisotopic (exact) mass is 321 g/mol. The van der Waals surface area contributed by atoms with Crippen LogP contribution in [0.1, 0.15) is 46.1 Å². The second kappa shape index (κ2) is 7.35. The Labute approximate surface area is 143 Å². The molecule has 0 bridgehead atoms. The van der Waals surface area contributed by atoms with Crippen LogP contribution in [0.2, 0.25) is 0 Å². The fraction of sp³-hybridized carbons (Fsp3) is 0.400. The number of rotatable bonds is 6. The molecule has 4 heteroatoms. The fourth-order valence-electron chi connectivity index (χ4n) is 2.48. The van der Waals surface area contributed by atoms with Crippen LogP contribution in [0.4, 0.5) is 5.82 Å². The van der Waals surface area contributed by atoms with Crippen molar-refractivity contribution in [2.24, 2.45) is 5.92 Å². The van der Waals surface area contributed by atoms with E-state index in [4.69, 9.17) is 6.57 Å². The topological polar surface area (TPSA) is 47.2 Å². The van der Waals surface area contributed by atoms with Crippen LogP contribution in [-0.2, 0) is 10.2 Å². The summed E-state index contributed by atoms with van der Waals surface area (Å²) < 4.78 is 0. The maximum absolute atomic E-state index is 12.6. The van der Waals surface area contributed by atoms with Crippen molar-refractivity contribution >= 4 is 11.6 Å². The Morgan fingerprint density at radius 1 is 1.25 bits per heavy atom. The van der Waals surface area contributed by atoms with Gasteiger partial charge in [0, 0.05) is 17.4 Å². The summed E-state index contributed by atoms with van der Waals surface area (Å²) in [5.41, 5.74) is 2.04. The quantitative estimate of drug-likeness (QED) is 0.705. The Morgan fingerprint density at radius 3 is 2.50 bits per heavy atom. The minimum Gasteiger partial charge on any atom is -0.359 e. The molecule has 2 rings (SSSR count). The van der Waals surface area contributed by atoms with Crippen molar-refractivity contribution in [3.8, 4) is 11.3 Å². The first-order valence-electron chi connectivity index (χ1n) is 8.22. The van der Waals surface area contributed by atoms with E-state index in [1.54, 1.807) is 6.20 Å². The smallest absolute Gasteiger partial charge is 0.288 e. The molecule has 0 aliphatic carbocycles. The van der Waals surface area contributed by atoms with Crippen molar-refractivity contribution in [2.45, 2.75) is 46.0 Å². The lowest BCUT2D eigenvalue weighted by atomic mass is 9.77. The van der Waals surface area contributed by atoms with E-state index in [2.05, 4.69) is 28.7 Å². The summed E-state index contributed by atoms with van der Waals surface area (Å²) in [7, 11) is 0. The molecule has 0 amide bonds. The van der Waals surface area contributed by atoms with Crippen molar-refractivity contribution in [2.75, 3.05) is 0 Å². The molecule has 0 radical (unpaired) electrons. The summed E-state index contributed by atoms with van der Waals surface area (Å²) in [5, 5.41) is 0. The molecule has 24 heavy (non-hydrogen) atoms. The number of aromatic nitrogens is 2. The number of hydrogen-bond donors (Lipinski definition) is 0. The number of Topliss-reactive ketones (excluding diaryl/α,β-unsaturated/α-hetero) is 1. The van der Waals surface area contributed by atoms with Gasteiger partial charge in [0.2, 0.25) is 0 Å². The van der Waals surface area contributed by atoms with Gasteiger partial charge in [-0.1, -0.05) is 51.1 Å². The minimum atomic E-state index is -0.508. The van der Waals surface area contributed by atoms with E-state index >= 15 is 0 Å². The lowest BCUT2D eigenvalue weighted by Crippen LogP contribution is -2.30. The molecule has 1 atom stereocenters. The van der Waals surface area contributed by atoms with Crippen LogP contribution in [-0.4, -0.2) is 15.8 Å². The van der Waals surface area contributed by atoms with E-state index in [-0.39, 0.29) is 11.6 Å². The predicted molar refractivity (Wildman–Crippen MR) is 95.8 cm³/mol. The minimum absolute atomic E-state index is 0.263. The highest BCUT2D eigenvalue weighted by Gasteiger charge is 2.30. The van der Waals surface area contributed by atoms with E-state index in [0.29, 0.717) is 18.0 Å². The molecule has 0 unspecified atom stereocenters. The first kappa shape index (κ1) is 17.8. The molecular weight excluding hydrogens is 298 g/mol. The number of benzene rings is 1. The van der Waals surface area contributed by atoms with Crippen molar-refractivity contribution in [1.82, 2.24) is 9.97 Å². The second-order valence-electron chi connectivity index (χ2n) is 6.72. The van der Waals surface area contributed by atoms with Gasteiger partial charge >= 0.3 is 0 Å². The number of carbonyl (C=O) groups is 1. The summed E-state index contributed by atoms with van der Waals surface area (Å²) in [6.07, 6.45) is 4.70. The zero-order valence-electron chi connectivity index (χ0n) is 14.7. The number of hydrogen-bond acceptors (Lipinski definition) is 3. The van der Waals surface area contributed by atoms with Crippen LogP contribution >= 0.6 is 0 Å². The Bertz CT molecular complexity index is 757. The molecule has 0 aliphatic heterocycles. The molecule has 0 fully saturated rings. The lowest BCUT2D eigenvalue weighted by Gasteiger charge is -2.25. The largest absolute Gasteiger partial charge is 0.359 e. The van der Waals surface area contributed by atoms with Crippen molar-refractivity contribution in [1.29, 1.82) is 0 Å². The van der Waals surface area contributed by atoms with E-state index in [9.17, 15) is 4.79 Å². The standard InChI is InChI=1S/C20H23N3O/c1-6-14(2)11-18(24)20(3,4)16-9-7-15(8-10-16)17-12-22-13-19(21-5)23-17/h7-10,12-14H,6,11H2,1-4H3/t14-/m1/s1. The van der Waals surface area contributed by atoms with E-state index in [0.717, 1.165) is 17.5 Å². The average molecular weight is 321 g/mol. The number of ketones is 1. The highest BCUT2D eigenvalue weighted by atomic mass is 16.1. The Hall–Kier alpha value is -2.54. The van der Waals surface area contributed by atoms with E-state index in [1.165, 1.54) is 6.20 Å². The number of carbonyl (C=O) groups excluding carboxylic acids is 1. The highest BCUT2D eigenvalue weighted by molar-refractivity contribution is 5.89. The molecule has 1 aromatic carbocycles. The number of nitrogens with zero attached hydrogens (tertiary/aromatic N) is 3. The summed E-state index contributed by atoms with van der Waals surface area (Å²) >= 11 is 0. The van der Waals surface area contributed by atoms with Crippen LogP contribution in [0, 0.1) is 12.5 Å². The van der Waals surface area contributed by atoms with Gasteiger partial charge in [-0.15, -0.1) is 4.98 Å². The lowest BCUT2D eigenvalue weighted by molar-refractivity contribution is -0.124. The Balaban J connectivity index is 2.25. The first-order valence-corrected chi connectivity index (χ1v) is 8.22. The molecule has 0 saturated carbocycles. The van der Waals surface area contributed by atoms with Crippen LogP contribution in [0.25, 0.3) is 16.1 Å². The van der Waals surface area contributed by atoms with Crippen LogP contribution < -0.4 is 0 Å². The SMILES string of the molecule is [C-]#[N+]c1cncc(-c2ccc(C(C)(C)C(=O)C[C@H](C)CC)cc2)n1. The normalized spacial score (nSPS) is 12.5. The molecular formula is C20H23N3O. The molecule has 1 aromatic heterocycles. The third kappa shape index (κ3) is 3.86. The molecule has 124 valence electrons. The van der Waals surface area contributed by atoms with E-state index < -0.39 is 5.41 Å². The second-order valence-corrected chi connectivity index (χ2v) is 6.72. The van der Waals surface area contributed by atoms with Gasteiger partial charge in [-0.25, -0.2) is 0 Å². The average Bonchev–Trinajstić information content (AvgIpc) is 2.61. The van der Waals surface area contributed by atoms with Crippen LogP contribution in [0.3, 0.4) is 0 Å².